The van der Waals surface area contributed by atoms with Crippen LogP contribution in [-0.2, 0) is 0 Å². The van der Waals surface area contributed by atoms with Gasteiger partial charge in [0.25, 0.3) is 0 Å². The topological polar surface area (TPSA) is 15.3 Å². The van der Waals surface area contributed by atoms with Crippen molar-refractivity contribution in [3.63, 3.8) is 0 Å². The van der Waals surface area contributed by atoms with E-state index >= 15 is 0 Å². The van der Waals surface area contributed by atoms with E-state index in [1.54, 1.807) is 0 Å². The molecule has 1 aromatic rings. The van der Waals surface area contributed by atoms with Crippen molar-refractivity contribution >= 4 is 17.3 Å². The molecule has 0 bridgehead atoms. The van der Waals surface area contributed by atoms with Crippen molar-refractivity contribution < 1.29 is 0 Å². The Morgan fingerprint density at radius 3 is 2.50 bits per heavy atom. The normalized spacial score (nSPS) is 16.9. The molecule has 1 aromatic carbocycles. The number of piperazine rings is 1. The first-order chi connectivity index (χ1) is 7.68. The molecule has 0 amide bonds. The molecule has 3 heteroatoms. The standard InChI is InChI=1S/C13H19ClN2/c1-10(2)12-4-3-11(9-13(12)14)16-7-5-15-6-8-16/h3-4,9-10,15H,5-8H2,1-2H3. The fourth-order valence-corrected chi connectivity index (χ4v) is 2.50. The highest BCUT2D eigenvalue weighted by Crippen LogP contribution is 2.28. The summed E-state index contributed by atoms with van der Waals surface area (Å²) < 4.78 is 0. The average Bonchev–Trinajstić information content (AvgIpc) is 2.29. The summed E-state index contributed by atoms with van der Waals surface area (Å²) in [5, 5.41) is 4.25. The van der Waals surface area contributed by atoms with Crippen LogP contribution in [0, 0.1) is 0 Å². The molecule has 0 saturated carbocycles. The summed E-state index contributed by atoms with van der Waals surface area (Å²) in [6.07, 6.45) is 0. The maximum absolute atomic E-state index is 6.30. The molecule has 1 aliphatic heterocycles. The van der Waals surface area contributed by atoms with Gasteiger partial charge in [-0.2, -0.15) is 0 Å². The van der Waals surface area contributed by atoms with Crippen molar-refractivity contribution in [3.8, 4) is 0 Å². The van der Waals surface area contributed by atoms with Gasteiger partial charge < -0.3 is 10.2 Å². The summed E-state index contributed by atoms with van der Waals surface area (Å²) in [5.41, 5.74) is 2.48. The summed E-state index contributed by atoms with van der Waals surface area (Å²) >= 11 is 6.30. The first-order valence-electron chi connectivity index (χ1n) is 5.93. The molecule has 1 aliphatic rings. The van der Waals surface area contributed by atoms with Crippen LogP contribution in [-0.4, -0.2) is 26.2 Å². The third kappa shape index (κ3) is 2.50. The third-order valence-corrected chi connectivity index (χ3v) is 3.42. The van der Waals surface area contributed by atoms with Gasteiger partial charge in [-0.05, 0) is 23.6 Å². The van der Waals surface area contributed by atoms with Crippen molar-refractivity contribution in [2.45, 2.75) is 19.8 Å². The van der Waals surface area contributed by atoms with Crippen molar-refractivity contribution in [3.05, 3.63) is 28.8 Å². The Morgan fingerprint density at radius 2 is 1.94 bits per heavy atom. The van der Waals surface area contributed by atoms with Gasteiger partial charge in [0, 0.05) is 36.9 Å². The summed E-state index contributed by atoms with van der Waals surface area (Å²) in [7, 11) is 0. The highest BCUT2D eigenvalue weighted by atomic mass is 35.5. The number of halogens is 1. The van der Waals surface area contributed by atoms with Gasteiger partial charge in [-0.3, -0.25) is 0 Å². The van der Waals surface area contributed by atoms with Crippen LogP contribution in [0.3, 0.4) is 0 Å². The minimum absolute atomic E-state index is 0.490. The lowest BCUT2D eigenvalue weighted by atomic mass is 10.0. The van der Waals surface area contributed by atoms with E-state index < -0.39 is 0 Å². The highest BCUT2D eigenvalue weighted by molar-refractivity contribution is 6.31. The van der Waals surface area contributed by atoms with Gasteiger partial charge in [0.15, 0.2) is 0 Å². The summed E-state index contributed by atoms with van der Waals surface area (Å²) in [4.78, 5) is 2.38. The maximum Gasteiger partial charge on any atom is 0.0461 e. The Labute approximate surface area is 103 Å². The second-order valence-corrected chi connectivity index (χ2v) is 5.00. The van der Waals surface area contributed by atoms with Gasteiger partial charge in [-0.15, -0.1) is 0 Å². The fourth-order valence-electron chi connectivity index (χ4n) is 2.10. The van der Waals surface area contributed by atoms with E-state index in [0.717, 1.165) is 31.2 Å². The zero-order valence-electron chi connectivity index (χ0n) is 9.96. The Morgan fingerprint density at radius 1 is 1.25 bits per heavy atom. The molecule has 88 valence electrons. The summed E-state index contributed by atoms with van der Waals surface area (Å²) in [6, 6.07) is 6.44. The number of benzene rings is 1. The number of hydrogen-bond acceptors (Lipinski definition) is 2. The number of hydrogen-bond donors (Lipinski definition) is 1. The zero-order chi connectivity index (χ0) is 11.5. The van der Waals surface area contributed by atoms with E-state index in [4.69, 9.17) is 11.6 Å². The average molecular weight is 239 g/mol. The molecule has 1 N–H and O–H groups in total. The lowest BCUT2D eigenvalue weighted by molar-refractivity contribution is 0.589. The van der Waals surface area contributed by atoms with Gasteiger partial charge in [0.05, 0.1) is 0 Å². The number of nitrogens with one attached hydrogen (secondary N) is 1. The minimum Gasteiger partial charge on any atom is -0.369 e. The van der Waals surface area contributed by atoms with E-state index in [1.165, 1.54) is 11.3 Å². The number of rotatable bonds is 2. The predicted molar refractivity (Wildman–Crippen MR) is 70.6 cm³/mol. The van der Waals surface area contributed by atoms with Gasteiger partial charge in [-0.1, -0.05) is 31.5 Å². The first-order valence-corrected chi connectivity index (χ1v) is 6.31. The largest absolute Gasteiger partial charge is 0.369 e. The lowest BCUT2D eigenvalue weighted by Gasteiger charge is -2.30. The molecular formula is C13H19ClN2. The number of nitrogens with zero attached hydrogens (tertiary/aromatic N) is 1. The molecule has 2 rings (SSSR count). The zero-order valence-corrected chi connectivity index (χ0v) is 10.7. The van der Waals surface area contributed by atoms with Crippen LogP contribution in [0.15, 0.2) is 18.2 Å². The molecule has 0 aromatic heterocycles. The quantitative estimate of drug-likeness (QED) is 0.853. The van der Waals surface area contributed by atoms with Crippen molar-refractivity contribution in [1.29, 1.82) is 0 Å². The fraction of sp³-hybridized carbons (Fsp3) is 0.538. The molecule has 0 aliphatic carbocycles. The van der Waals surface area contributed by atoms with Crippen LogP contribution in [0.1, 0.15) is 25.3 Å². The maximum atomic E-state index is 6.30. The molecule has 1 saturated heterocycles. The van der Waals surface area contributed by atoms with Crippen LogP contribution in [0.25, 0.3) is 0 Å². The molecule has 0 spiro atoms. The van der Waals surface area contributed by atoms with Gasteiger partial charge >= 0.3 is 0 Å². The van der Waals surface area contributed by atoms with Crippen LogP contribution in [0.4, 0.5) is 5.69 Å². The second kappa shape index (κ2) is 5.07. The monoisotopic (exact) mass is 238 g/mol. The van der Waals surface area contributed by atoms with E-state index in [9.17, 15) is 0 Å². The first kappa shape index (κ1) is 11.7. The van der Waals surface area contributed by atoms with Crippen molar-refractivity contribution in [2.75, 3.05) is 31.1 Å². The molecule has 0 atom stereocenters. The Balaban J connectivity index is 2.19. The van der Waals surface area contributed by atoms with Crippen LogP contribution in [0.2, 0.25) is 5.02 Å². The molecule has 0 unspecified atom stereocenters. The minimum atomic E-state index is 0.490. The lowest BCUT2D eigenvalue weighted by Crippen LogP contribution is -2.43. The van der Waals surface area contributed by atoms with E-state index in [1.807, 2.05) is 0 Å². The van der Waals surface area contributed by atoms with Gasteiger partial charge in [0.2, 0.25) is 0 Å². The van der Waals surface area contributed by atoms with E-state index in [2.05, 4.69) is 42.3 Å². The Bertz CT molecular complexity index is 357. The molecular weight excluding hydrogens is 220 g/mol. The summed E-state index contributed by atoms with van der Waals surface area (Å²) in [6.45, 7) is 8.60. The van der Waals surface area contributed by atoms with Gasteiger partial charge in [-0.25, -0.2) is 0 Å². The van der Waals surface area contributed by atoms with Gasteiger partial charge in [0.1, 0.15) is 0 Å². The highest BCUT2D eigenvalue weighted by Gasteiger charge is 2.12. The smallest absolute Gasteiger partial charge is 0.0461 e. The SMILES string of the molecule is CC(C)c1ccc(N2CCNCC2)cc1Cl. The number of anilines is 1. The van der Waals surface area contributed by atoms with E-state index in [-0.39, 0.29) is 0 Å². The van der Waals surface area contributed by atoms with E-state index in [0.29, 0.717) is 5.92 Å². The molecule has 16 heavy (non-hydrogen) atoms. The van der Waals surface area contributed by atoms with Crippen LogP contribution >= 0.6 is 11.6 Å². The Hall–Kier alpha value is -0.730. The van der Waals surface area contributed by atoms with Crippen LogP contribution < -0.4 is 10.2 Å². The van der Waals surface area contributed by atoms with Crippen molar-refractivity contribution in [2.24, 2.45) is 0 Å². The second-order valence-electron chi connectivity index (χ2n) is 4.60. The molecule has 1 fully saturated rings. The molecule has 1 heterocycles. The third-order valence-electron chi connectivity index (χ3n) is 3.09. The predicted octanol–water partition coefficient (Wildman–Crippen LogP) is 2.87. The van der Waals surface area contributed by atoms with Crippen molar-refractivity contribution in [1.82, 2.24) is 5.32 Å². The molecule has 2 nitrogen and oxygen atoms in total. The summed E-state index contributed by atoms with van der Waals surface area (Å²) in [5.74, 6) is 0.490. The van der Waals surface area contributed by atoms with Crippen LogP contribution in [0.5, 0.6) is 0 Å². The Kier molecular flexibility index (Phi) is 3.72. The molecule has 0 radical (unpaired) electrons.